The van der Waals surface area contributed by atoms with Crippen molar-refractivity contribution in [2.24, 2.45) is 16.5 Å². The highest BCUT2D eigenvalue weighted by Gasteiger charge is 2.76. The predicted octanol–water partition coefficient (Wildman–Crippen LogP) is -2.71. The monoisotopic (exact) mass is 569 g/mol. The Morgan fingerprint density at radius 3 is 2.17 bits per heavy atom. The first-order chi connectivity index (χ1) is 18.9. The maximum absolute atomic E-state index is 13.7. The van der Waals surface area contributed by atoms with Crippen LogP contribution in [-0.4, -0.2) is 92.3 Å². The van der Waals surface area contributed by atoms with E-state index in [9.17, 15) is 24.6 Å². The van der Waals surface area contributed by atoms with E-state index in [0.717, 1.165) is 16.0 Å². The van der Waals surface area contributed by atoms with E-state index in [2.05, 4.69) is 68.2 Å². The van der Waals surface area contributed by atoms with Crippen molar-refractivity contribution in [1.29, 1.82) is 0 Å². The van der Waals surface area contributed by atoms with Gasteiger partial charge in [0.15, 0.2) is 12.0 Å². The van der Waals surface area contributed by atoms with E-state index in [1.54, 1.807) is 0 Å². The van der Waals surface area contributed by atoms with Gasteiger partial charge < -0.3 is 21.3 Å². The molecule has 0 unspecified atom stereocenters. The fourth-order valence-corrected chi connectivity index (χ4v) is 6.20. The summed E-state index contributed by atoms with van der Waals surface area (Å²) in [7, 11) is 0. The molecule has 0 saturated carbocycles. The largest absolute Gasteiger partial charge is 0.370 e. The van der Waals surface area contributed by atoms with Gasteiger partial charge in [0.05, 0.1) is 13.1 Å². The van der Waals surface area contributed by atoms with Crippen LogP contribution < -0.4 is 27.1 Å². The molecule has 13 heteroatoms. The van der Waals surface area contributed by atoms with Crippen molar-refractivity contribution in [1.82, 2.24) is 20.4 Å². The second-order valence-corrected chi connectivity index (χ2v) is 13.5. The molecular weight excluding hydrogens is 528 g/mol. The zero-order chi connectivity index (χ0) is 30.3. The summed E-state index contributed by atoms with van der Waals surface area (Å²) >= 11 is 0. The van der Waals surface area contributed by atoms with Crippen molar-refractivity contribution in [3.63, 3.8) is 0 Å². The van der Waals surface area contributed by atoms with Gasteiger partial charge in [-0.3, -0.25) is 34.9 Å². The van der Waals surface area contributed by atoms with E-state index < -0.39 is 35.5 Å². The molecule has 41 heavy (non-hydrogen) atoms. The smallest absolute Gasteiger partial charge is 0.343 e. The fraction of sp³-hybridized carbons (Fsp3) is 0.607. The summed E-state index contributed by atoms with van der Waals surface area (Å²) < 4.78 is 0. The zero-order valence-corrected chi connectivity index (χ0v) is 24.4. The van der Waals surface area contributed by atoms with Gasteiger partial charge in [-0.15, -0.1) is 0 Å². The Hall–Kier alpha value is -3.71. The number of amides is 3. The van der Waals surface area contributed by atoms with E-state index >= 15 is 0 Å². The molecule has 0 aromatic heterocycles. The maximum Gasteiger partial charge on any atom is 0.343 e. The topological polar surface area (TPSA) is 201 Å². The van der Waals surface area contributed by atoms with E-state index in [1.807, 2.05) is 12.1 Å². The number of guanidine groups is 2. The number of carbonyl (C=O) groups excluding carboxylic acids is 3. The van der Waals surface area contributed by atoms with Gasteiger partial charge in [0.2, 0.25) is 17.6 Å². The summed E-state index contributed by atoms with van der Waals surface area (Å²) in [5, 5.41) is 29.3. The highest BCUT2D eigenvalue weighted by atomic mass is 16.5. The van der Waals surface area contributed by atoms with Crippen molar-refractivity contribution in [2.45, 2.75) is 94.8 Å². The summed E-state index contributed by atoms with van der Waals surface area (Å²) in [6.45, 7) is 12.2. The minimum atomic E-state index is -2.60. The fourth-order valence-electron chi connectivity index (χ4n) is 6.20. The van der Waals surface area contributed by atoms with Crippen LogP contribution in [0.25, 0.3) is 0 Å². The molecule has 222 valence electrons. The van der Waals surface area contributed by atoms with Gasteiger partial charge in [0.1, 0.15) is 12.1 Å². The number of aliphatic imine (C=N–C) groups is 1. The van der Waals surface area contributed by atoms with Crippen molar-refractivity contribution >= 4 is 29.6 Å². The number of rotatable bonds is 4. The van der Waals surface area contributed by atoms with Gasteiger partial charge >= 0.3 is 5.96 Å². The maximum atomic E-state index is 13.7. The number of nitrogens with zero attached hydrogens (tertiary/aromatic N) is 3. The summed E-state index contributed by atoms with van der Waals surface area (Å²) in [6.07, 6.45) is 0.218. The number of hydrogen-bond donors (Lipinski definition) is 7. The molecule has 0 aliphatic carbocycles. The standard InChI is InChI=1S/C28H40N8O5/c1-25(2,3)15-9-14(10-16(11-15)26(4,5)6)22(39)32-18-13-36-24(30)31-17(12-35-19(37)7-8-20(35)38)21-27(36,28(18,40)41)34-23(29)33-21/h9-11,17-18,21,40-41H,7-8,12-13H2,1-6H3,(H2,30,31)(H,32,39)(H3,29,33,34)/p+1/t17-,18-,21-,27-/m0/s1. The number of aliphatic hydroxyl groups is 2. The molecule has 2 saturated heterocycles. The van der Waals surface area contributed by atoms with Crippen LogP contribution in [0.3, 0.4) is 0 Å². The van der Waals surface area contributed by atoms with Crippen molar-refractivity contribution in [3.8, 4) is 0 Å². The lowest BCUT2D eigenvalue weighted by Crippen LogP contribution is -2.90. The van der Waals surface area contributed by atoms with E-state index in [-0.39, 0.29) is 60.5 Å². The lowest BCUT2D eigenvalue weighted by Gasteiger charge is -2.46. The second-order valence-electron chi connectivity index (χ2n) is 13.5. The zero-order valence-electron chi connectivity index (χ0n) is 24.4. The second kappa shape index (κ2) is 9.15. The number of hydrogen-bond acceptors (Lipinski definition) is 10. The minimum absolute atomic E-state index is 0.0386. The quantitative estimate of drug-likeness (QED) is 0.149. The molecule has 1 aromatic rings. The molecule has 9 N–H and O–H groups in total. The Balaban J connectivity index is 1.47. The average molecular weight is 570 g/mol. The molecule has 4 aliphatic heterocycles. The molecule has 4 aliphatic rings. The normalized spacial score (nSPS) is 29.1. The van der Waals surface area contributed by atoms with Crippen LogP contribution in [0.1, 0.15) is 75.9 Å². The summed E-state index contributed by atoms with van der Waals surface area (Å²) in [5.41, 5.74) is 12.6. The average Bonchev–Trinajstić information content (AvgIpc) is 3.45. The first-order valence-corrected chi connectivity index (χ1v) is 13.9. The van der Waals surface area contributed by atoms with Crippen molar-refractivity contribution in [2.75, 3.05) is 13.1 Å². The molecule has 13 nitrogen and oxygen atoms in total. The summed E-state index contributed by atoms with van der Waals surface area (Å²) in [6, 6.07) is 2.79. The van der Waals surface area contributed by atoms with E-state index in [4.69, 9.17) is 11.5 Å². The van der Waals surface area contributed by atoms with Crippen LogP contribution in [0.5, 0.6) is 0 Å². The van der Waals surface area contributed by atoms with E-state index in [0.29, 0.717) is 5.56 Å². The number of imide groups is 1. The van der Waals surface area contributed by atoms with Gasteiger partial charge in [-0.25, -0.2) is 10.3 Å². The van der Waals surface area contributed by atoms with E-state index in [1.165, 1.54) is 4.90 Å². The van der Waals surface area contributed by atoms with Crippen LogP contribution in [0.4, 0.5) is 0 Å². The molecule has 1 spiro atoms. The number of likely N-dealkylation sites (tertiary alicyclic amines) is 1. The lowest BCUT2D eigenvalue weighted by molar-refractivity contribution is -0.521. The Labute approximate surface area is 239 Å². The van der Waals surface area contributed by atoms with Crippen LogP contribution in [0.15, 0.2) is 23.2 Å². The van der Waals surface area contributed by atoms with Crippen LogP contribution in [-0.2, 0) is 20.4 Å². The molecule has 4 heterocycles. The number of benzene rings is 1. The van der Waals surface area contributed by atoms with Crippen LogP contribution >= 0.6 is 0 Å². The molecule has 1 aromatic carbocycles. The SMILES string of the molecule is CC(C)(C)c1cc(C(=O)N[C@H]2CN3C(N)=N[C@@H](CN4C(=O)CCC4=O)[C@@H]4[NH+]=C(N)N[C@@]43C2(O)O)cc(C(C)(C)C)c1. The van der Waals surface area contributed by atoms with Gasteiger partial charge in [0.25, 0.3) is 11.6 Å². The Kier molecular flexibility index (Phi) is 6.43. The molecule has 2 fully saturated rings. The number of nitrogens with one attached hydrogen (secondary N) is 3. The highest BCUT2D eigenvalue weighted by molar-refractivity contribution is 6.02. The van der Waals surface area contributed by atoms with Gasteiger partial charge in [-0.05, 0) is 34.1 Å². The molecule has 5 rings (SSSR count). The summed E-state index contributed by atoms with van der Waals surface area (Å²) in [4.78, 5) is 48.4. The molecule has 4 atom stereocenters. The van der Waals surface area contributed by atoms with Crippen molar-refractivity contribution < 1.29 is 29.6 Å². The first-order valence-electron chi connectivity index (χ1n) is 13.9. The first kappa shape index (κ1) is 28.8. The Bertz CT molecular complexity index is 1330. The summed E-state index contributed by atoms with van der Waals surface area (Å²) in [5.74, 6) is -3.73. The van der Waals surface area contributed by atoms with Gasteiger partial charge in [-0.1, -0.05) is 47.6 Å². The number of carbonyl (C=O) groups is 3. The molecule has 0 radical (unpaired) electrons. The predicted molar refractivity (Wildman–Crippen MR) is 150 cm³/mol. The van der Waals surface area contributed by atoms with Gasteiger partial charge in [0, 0.05) is 18.4 Å². The molecule has 0 bridgehead atoms. The van der Waals surface area contributed by atoms with Crippen LogP contribution in [0.2, 0.25) is 0 Å². The third-order valence-corrected chi connectivity index (χ3v) is 8.64. The third kappa shape index (κ3) is 4.51. The van der Waals surface area contributed by atoms with Gasteiger partial charge in [-0.2, -0.15) is 0 Å². The Morgan fingerprint density at radius 2 is 1.63 bits per heavy atom. The highest BCUT2D eigenvalue weighted by Crippen LogP contribution is 2.41. The Morgan fingerprint density at radius 1 is 1.07 bits per heavy atom. The molecule has 3 amide bonds. The minimum Gasteiger partial charge on any atom is -0.370 e. The third-order valence-electron chi connectivity index (χ3n) is 8.64. The van der Waals surface area contributed by atoms with Crippen LogP contribution in [0, 0.1) is 0 Å². The van der Waals surface area contributed by atoms with Crippen molar-refractivity contribution in [3.05, 3.63) is 34.9 Å². The molecular formula is C28H41N8O5+. The number of nitrogens with two attached hydrogens (primary N) is 2. The lowest BCUT2D eigenvalue weighted by atomic mass is 9.79.